The molecule has 9 heteroatoms. The first-order valence-electron chi connectivity index (χ1n) is 8.14. The van der Waals surface area contributed by atoms with Gasteiger partial charge >= 0.3 is 6.61 Å². The molecule has 7 nitrogen and oxygen atoms in total. The van der Waals surface area contributed by atoms with Gasteiger partial charge in [0.05, 0.1) is 5.71 Å². The molecule has 0 aliphatic carbocycles. The van der Waals surface area contributed by atoms with Crippen LogP contribution in [0.2, 0.25) is 0 Å². The highest BCUT2D eigenvalue weighted by molar-refractivity contribution is 6.08. The average Bonchev–Trinajstić information content (AvgIpc) is 2.56. The fourth-order valence-corrected chi connectivity index (χ4v) is 2.14. The number of hydrogen-bond donors (Lipinski definition) is 2. The number of halogens is 2. The van der Waals surface area contributed by atoms with E-state index in [1.165, 1.54) is 29.4 Å². The summed E-state index contributed by atoms with van der Waals surface area (Å²) in [6.07, 6.45) is 4.10. The number of aliphatic hydroxyl groups excluding tert-OH is 1. The van der Waals surface area contributed by atoms with E-state index in [4.69, 9.17) is 0 Å². The molecule has 1 aliphatic heterocycles. The number of nitrogens with one attached hydrogen (secondary N) is 1. The van der Waals surface area contributed by atoms with Crippen molar-refractivity contribution in [3.05, 3.63) is 36.0 Å². The van der Waals surface area contributed by atoms with Gasteiger partial charge in [0.25, 0.3) is 0 Å². The van der Waals surface area contributed by atoms with E-state index in [1.807, 2.05) is 20.8 Å². The molecule has 0 spiro atoms. The number of amides is 1. The molecule has 1 unspecified atom stereocenters. The number of rotatable bonds is 7. The molecule has 0 bridgehead atoms. The van der Waals surface area contributed by atoms with Gasteiger partial charge in [-0.3, -0.25) is 9.80 Å². The molecule has 1 amide bonds. The second kappa shape index (κ2) is 8.22. The Hall–Kier alpha value is -2.55. The molecule has 0 radical (unpaired) electrons. The standard InChI is InChI=1S/C17H22F2N4O3/c1-4-17(2,3)21-13(24)10-23-15(25)8-6-12(22-23)11-5-7-14(20-9-11)26-16(18)19/h5-9,15-16,25H,4,10H2,1-3H3,(H,21,24). The van der Waals surface area contributed by atoms with Gasteiger partial charge in [-0.25, -0.2) is 4.98 Å². The van der Waals surface area contributed by atoms with Gasteiger partial charge < -0.3 is 15.2 Å². The average molecular weight is 368 g/mol. The van der Waals surface area contributed by atoms with Crippen LogP contribution in [0.3, 0.4) is 0 Å². The summed E-state index contributed by atoms with van der Waals surface area (Å²) in [6, 6.07) is 2.81. The second-order valence-electron chi connectivity index (χ2n) is 6.40. The predicted molar refractivity (Wildman–Crippen MR) is 91.8 cm³/mol. The van der Waals surface area contributed by atoms with Crippen LogP contribution >= 0.6 is 0 Å². The zero-order valence-corrected chi connectivity index (χ0v) is 14.8. The van der Waals surface area contributed by atoms with Crippen molar-refractivity contribution in [2.45, 2.75) is 45.6 Å². The van der Waals surface area contributed by atoms with E-state index >= 15 is 0 Å². The van der Waals surface area contributed by atoms with Gasteiger partial charge in [0.2, 0.25) is 11.8 Å². The maximum atomic E-state index is 12.2. The lowest BCUT2D eigenvalue weighted by Gasteiger charge is -2.29. The summed E-state index contributed by atoms with van der Waals surface area (Å²) < 4.78 is 28.5. The van der Waals surface area contributed by atoms with Gasteiger partial charge in [0, 0.05) is 23.4 Å². The smallest absolute Gasteiger partial charge is 0.388 e. The number of alkyl halides is 2. The zero-order valence-electron chi connectivity index (χ0n) is 14.8. The Morgan fingerprint density at radius 3 is 2.77 bits per heavy atom. The summed E-state index contributed by atoms with van der Waals surface area (Å²) in [7, 11) is 0. The second-order valence-corrected chi connectivity index (χ2v) is 6.40. The minimum absolute atomic E-state index is 0.127. The molecule has 2 rings (SSSR count). The number of allylic oxidation sites excluding steroid dienone is 1. The number of nitrogens with zero attached hydrogens (tertiary/aromatic N) is 3. The van der Waals surface area contributed by atoms with Crippen LogP contribution < -0.4 is 10.1 Å². The lowest BCUT2D eigenvalue weighted by atomic mass is 10.0. The largest absolute Gasteiger partial charge is 0.417 e. The lowest BCUT2D eigenvalue weighted by Crippen LogP contribution is -2.48. The van der Waals surface area contributed by atoms with Crippen molar-refractivity contribution in [2.24, 2.45) is 5.10 Å². The SMILES string of the molecule is CCC(C)(C)NC(=O)CN1N=C(c2ccc(OC(F)F)nc2)C=CC1O. The van der Waals surface area contributed by atoms with E-state index in [-0.39, 0.29) is 23.9 Å². The maximum Gasteiger partial charge on any atom is 0.388 e. The minimum Gasteiger partial charge on any atom is -0.417 e. The first-order valence-corrected chi connectivity index (χ1v) is 8.14. The fourth-order valence-electron chi connectivity index (χ4n) is 2.14. The van der Waals surface area contributed by atoms with Gasteiger partial charge in [0.1, 0.15) is 6.54 Å². The molecule has 0 saturated heterocycles. The Bertz CT molecular complexity index is 690. The molecular formula is C17H22F2N4O3. The third-order valence-corrected chi connectivity index (χ3v) is 3.88. The molecule has 1 aromatic rings. The van der Waals surface area contributed by atoms with Crippen molar-refractivity contribution < 1.29 is 23.4 Å². The molecule has 26 heavy (non-hydrogen) atoms. The van der Waals surface area contributed by atoms with Gasteiger partial charge in [-0.1, -0.05) is 6.92 Å². The highest BCUT2D eigenvalue weighted by Crippen LogP contribution is 2.16. The van der Waals surface area contributed by atoms with Crippen molar-refractivity contribution in [2.75, 3.05) is 6.54 Å². The number of hydrogen-bond acceptors (Lipinski definition) is 6. The summed E-state index contributed by atoms with van der Waals surface area (Å²) in [5.41, 5.74) is 0.619. The highest BCUT2D eigenvalue weighted by atomic mass is 19.3. The number of pyridine rings is 1. The quantitative estimate of drug-likeness (QED) is 0.767. The number of carbonyl (C=O) groups is 1. The van der Waals surface area contributed by atoms with Crippen molar-refractivity contribution in [3.63, 3.8) is 0 Å². The van der Waals surface area contributed by atoms with Crippen molar-refractivity contribution >= 4 is 11.6 Å². The molecule has 0 fully saturated rings. The summed E-state index contributed by atoms with van der Waals surface area (Å²) in [5, 5.41) is 18.4. The lowest BCUT2D eigenvalue weighted by molar-refractivity contribution is -0.126. The van der Waals surface area contributed by atoms with Crippen LogP contribution in [0.1, 0.15) is 32.8 Å². The first kappa shape index (κ1) is 19.8. The first-order chi connectivity index (χ1) is 12.2. The van der Waals surface area contributed by atoms with Crippen LogP contribution in [0, 0.1) is 0 Å². The number of aliphatic hydroxyl groups is 1. The van der Waals surface area contributed by atoms with Crippen LogP contribution in [0.5, 0.6) is 5.88 Å². The topological polar surface area (TPSA) is 87.1 Å². The van der Waals surface area contributed by atoms with Crippen molar-refractivity contribution in [1.82, 2.24) is 15.3 Å². The normalized spacial score (nSPS) is 17.3. The number of aromatic nitrogens is 1. The molecule has 142 valence electrons. The van der Waals surface area contributed by atoms with Crippen LogP contribution in [0.25, 0.3) is 0 Å². The zero-order chi connectivity index (χ0) is 19.3. The van der Waals surface area contributed by atoms with E-state index in [0.717, 1.165) is 6.42 Å². The number of ether oxygens (including phenoxy) is 1. The van der Waals surface area contributed by atoms with E-state index in [1.54, 1.807) is 6.08 Å². The number of carbonyl (C=O) groups excluding carboxylic acids is 1. The predicted octanol–water partition coefficient (Wildman–Crippen LogP) is 1.88. The molecule has 1 aliphatic rings. The summed E-state index contributed by atoms with van der Waals surface area (Å²) in [4.78, 5) is 15.9. The molecule has 0 aromatic carbocycles. The maximum absolute atomic E-state index is 12.2. The van der Waals surface area contributed by atoms with Crippen molar-refractivity contribution in [1.29, 1.82) is 0 Å². The Labute approximate surface area is 150 Å². The Balaban J connectivity index is 2.09. The van der Waals surface area contributed by atoms with Gasteiger partial charge in [-0.15, -0.1) is 0 Å². The van der Waals surface area contributed by atoms with E-state index in [9.17, 15) is 18.7 Å². The van der Waals surface area contributed by atoms with E-state index in [2.05, 4.69) is 20.1 Å². The Morgan fingerprint density at radius 1 is 1.46 bits per heavy atom. The van der Waals surface area contributed by atoms with Gasteiger partial charge in [-0.2, -0.15) is 13.9 Å². The van der Waals surface area contributed by atoms with E-state index < -0.39 is 12.8 Å². The molecular weight excluding hydrogens is 346 g/mol. The molecule has 2 heterocycles. The summed E-state index contributed by atoms with van der Waals surface area (Å²) in [6.45, 7) is 2.69. The minimum atomic E-state index is -2.95. The number of hydrazone groups is 1. The van der Waals surface area contributed by atoms with E-state index in [0.29, 0.717) is 11.3 Å². The molecule has 1 atom stereocenters. The fraction of sp³-hybridized carbons (Fsp3) is 0.471. The van der Waals surface area contributed by atoms with Crippen LogP contribution in [0.15, 0.2) is 35.6 Å². The molecule has 0 saturated carbocycles. The monoisotopic (exact) mass is 368 g/mol. The van der Waals surface area contributed by atoms with Gasteiger partial charge in [0.15, 0.2) is 6.23 Å². The molecule has 1 aromatic heterocycles. The third kappa shape index (κ3) is 5.48. The Morgan fingerprint density at radius 2 is 2.19 bits per heavy atom. The van der Waals surface area contributed by atoms with Crippen molar-refractivity contribution in [3.8, 4) is 5.88 Å². The Kier molecular flexibility index (Phi) is 6.25. The van der Waals surface area contributed by atoms with Gasteiger partial charge in [-0.05, 0) is 38.5 Å². The summed E-state index contributed by atoms with van der Waals surface area (Å²) >= 11 is 0. The van der Waals surface area contributed by atoms with Crippen LogP contribution in [-0.4, -0.2) is 51.6 Å². The molecule has 2 N–H and O–H groups in total. The van der Waals surface area contributed by atoms with Crippen LogP contribution in [-0.2, 0) is 4.79 Å². The third-order valence-electron chi connectivity index (χ3n) is 3.88. The van der Waals surface area contributed by atoms with Crippen LogP contribution in [0.4, 0.5) is 8.78 Å². The summed E-state index contributed by atoms with van der Waals surface area (Å²) in [5.74, 6) is -0.477. The highest BCUT2D eigenvalue weighted by Gasteiger charge is 2.23.